The summed E-state index contributed by atoms with van der Waals surface area (Å²) in [4.78, 5) is 38.2. The number of rotatable bonds is 3. The lowest BCUT2D eigenvalue weighted by atomic mass is 9.33. The second-order valence-corrected chi connectivity index (χ2v) is 16.4. The number of allylic oxidation sites excluding steroid dienone is 1. The van der Waals surface area contributed by atoms with Crippen molar-refractivity contribution in [3.8, 4) is 0 Å². The number of methoxy groups -OCH3 is 1. The van der Waals surface area contributed by atoms with Gasteiger partial charge in [-0.05, 0) is 85.9 Å². The molecule has 0 spiro atoms. The summed E-state index contributed by atoms with van der Waals surface area (Å²) in [6, 6.07) is 0. The van der Waals surface area contributed by atoms with Gasteiger partial charge in [0.05, 0.1) is 12.5 Å². The maximum Gasteiger partial charge on any atom is 0.312 e. The summed E-state index contributed by atoms with van der Waals surface area (Å²) in [6.45, 7) is 19.5. The minimum atomic E-state index is -0.663. The number of esters is 3. The van der Waals surface area contributed by atoms with Crippen LogP contribution in [0.15, 0.2) is 11.6 Å². The molecule has 5 aliphatic rings. The maximum absolute atomic E-state index is 13.7. The Morgan fingerprint density at radius 2 is 1.41 bits per heavy atom. The van der Waals surface area contributed by atoms with Gasteiger partial charge in [-0.3, -0.25) is 14.4 Å². The van der Waals surface area contributed by atoms with Gasteiger partial charge in [-0.25, -0.2) is 0 Å². The number of ether oxygens (including phenoxy) is 3. The van der Waals surface area contributed by atoms with Crippen LogP contribution in [0.2, 0.25) is 0 Å². The molecule has 0 aliphatic heterocycles. The van der Waals surface area contributed by atoms with E-state index in [0.29, 0.717) is 11.8 Å². The Balaban J connectivity index is 1.61. The highest BCUT2D eigenvalue weighted by Gasteiger charge is 2.71. The van der Waals surface area contributed by atoms with Crippen molar-refractivity contribution >= 4 is 17.9 Å². The molecule has 0 amide bonds. The molecule has 0 aromatic heterocycles. The highest BCUT2D eigenvalue weighted by Crippen LogP contribution is 2.76. The van der Waals surface area contributed by atoms with E-state index in [0.717, 1.165) is 57.8 Å². The Labute approximate surface area is 247 Å². The van der Waals surface area contributed by atoms with Crippen LogP contribution in [-0.4, -0.2) is 37.2 Å². The minimum absolute atomic E-state index is 0.0390. The number of fused-ring (bicyclic) bond motifs is 7. The second kappa shape index (κ2) is 9.58. The first-order valence-electron chi connectivity index (χ1n) is 16.0. The van der Waals surface area contributed by atoms with Crippen LogP contribution in [0.5, 0.6) is 0 Å². The predicted octanol–water partition coefficient (Wildman–Crippen LogP) is 7.43. The molecule has 0 aromatic rings. The van der Waals surface area contributed by atoms with Gasteiger partial charge in [-0.2, -0.15) is 0 Å². The first-order chi connectivity index (χ1) is 18.9. The van der Waals surface area contributed by atoms with E-state index >= 15 is 0 Å². The molecule has 5 aliphatic carbocycles. The van der Waals surface area contributed by atoms with E-state index < -0.39 is 5.41 Å². The molecular formula is C35H54O6. The Bertz CT molecular complexity index is 1150. The lowest BCUT2D eigenvalue weighted by Crippen LogP contribution is -2.67. The number of hydrogen-bond acceptors (Lipinski definition) is 6. The van der Waals surface area contributed by atoms with Crippen molar-refractivity contribution in [3.05, 3.63) is 11.6 Å². The average molecular weight is 571 g/mol. The van der Waals surface area contributed by atoms with E-state index in [1.54, 1.807) is 0 Å². The Morgan fingerprint density at radius 3 is 2.02 bits per heavy atom. The van der Waals surface area contributed by atoms with Crippen LogP contribution >= 0.6 is 0 Å². The molecule has 0 N–H and O–H groups in total. The zero-order valence-electron chi connectivity index (χ0n) is 27.3. The van der Waals surface area contributed by atoms with Gasteiger partial charge in [-0.1, -0.05) is 60.1 Å². The normalized spacial score (nSPS) is 45.9. The lowest BCUT2D eigenvalue weighted by Gasteiger charge is -2.71. The van der Waals surface area contributed by atoms with Gasteiger partial charge >= 0.3 is 17.9 Å². The van der Waals surface area contributed by atoms with Crippen molar-refractivity contribution in [1.82, 2.24) is 0 Å². The second-order valence-electron chi connectivity index (χ2n) is 16.4. The summed E-state index contributed by atoms with van der Waals surface area (Å²) in [7, 11) is 1.51. The third kappa shape index (κ3) is 4.11. The molecule has 9 atom stereocenters. The summed E-state index contributed by atoms with van der Waals surface area (Å²) in [5.41, 5.74) is 0.382. The molecule has 6 nitrogen and oxygen atoms in total. The highest BCUT2D eigenvalue weighted by molar-refractivity contribution is 5.79. The predicted molar refractivity (Wildman–Crippen MR) is 158 cm³/mol. The zero-order valence-corrected chi connectivity index (χ0v) is 27.3. The third-order valence-corrected chi connectivity index (χ3v) is 13.9. The molecule has 0 aromatic carbocycles. The van der Waals surface area contributed by atoms with Crippen molar-refractivity contribution < 1.29 is 28.6 Å². The van der Waals surface area contributed by atoms with Crippen LogP contribution in [-0.2, 0) is 28.6 Å². The molecule has 5 rings (SSSR count). The van der Waals surface area contributed by atoms with E-state index in [1.807, 2.05) is 0 Å². The molecule has 4 fully saturated rings. The lowest BCUT2D eigenvalue weighted by molar-refractivity contribution is -0.220. The van der Waals surface area contributed by atoms with Crippen LogP contribution in [0.25, 0.3) is 0 Å². The van der Waals surface area contributed by atoms with Crippen LogP contribution in [0, 0.1) is 50.2 Å². The van der Waals surface area contributed by atoms with E-state index in [2.05, 4.69) is 54.5 Å². The van der Waals surface area contributed by atoms with E-state index in [4.69, 9.17) is 14.2 Å². The van der Waals surface area contributed by atoms with Gasteiger partial charge in [0, 0.05) is 30.6 Å². The molecule has 4 saturated carbocycles. The van der Waals surface area contributed by atoms with Gasteiger partial charge < -0.3 is 14.2 Å². The monoisotopic (exact) mass is 570 g/mol. The summed E-state index contributed by atoms with van der Waals surface area (Å²) < 4.78 is 17.6. The first kappa shape index (κ1) is 30.6. The largest absolute Gasteiger partial charge is 0.469 e. The van der Waals surface area contributed by atoms with Crippen molar-refractivity contribution in [2.45, 2.75) is 132 Å². The standard InChI is InChI=1S/C35H54O6/c1-21(36)40-26-14-15-32(7)24(31(26,5)6)13-16-34(9)25(32)12-11-23-27-28(41-22(2)37)30(3,4)17-19-35(27,29(38)39-10)20-18-33(23,34)8/h11,24-28H,12-20H2,1-10H3/t24-,25+,26-,27+,28+,32-,33+,34+,35-/m0/s1. The summed E-state index contributed by atoms with van der Waals surface area (Å²) >= 11 is 0. The third-order valence-electron chi connectivity index (χ3n) is 13.9. The van der Waals surface area contributed by atoms with Gasteiger partial charge in [0.15, 0.2) is 0 Å². The molecule has 0 heterocycles. The van der Waals surface area contributed by atoms with Gasteiger partial charge in [0.25, 0.3) is 0 Å². The van der Waals surface area contributed by atoms with Gasteiger partial charge in [0.1, 0.15) is 12.2 Å². The quantitative estimate of drug-likeness (QED) is 0.199. The molecular weight excluding hydrogens is 516 g/mol. The van der Waals surface area contributed by atoms with Crippen molar-refractivity contribution in [2.75, 3.05) is 7.11 Å². The van der Waals surface area contributed by atoms with E-state index in [9.17, 15) is 14.4 Å². The van der Waals surface area contributed by atoms with Crippen LogP contribution in [0.3, 0.4) is 0 Å². The van der Waals surface area contributed by atoms with Gasteiger partial charge in [-0.15, -0.1) is 0 Å². The smallest absolute Gasteiger partial charge is 0.312 e. The molecule has 41 heavy (non-hydrogen) atoms. The van der Waals surface area contributed by atoms with Crippen LogP contribution in [0.4, 0.5) is 0 Å². The molecule has 230 valence electrons. The molecule has 0 radical (unpaired) electrons. The van der Waals surface area contributed by atoms with Gasteiger partial charge in [0.2, 0.25) is 0 Å². The minimum Gasteiger partial charge on any atom is -0.469 e. The number of carbonyl (C=O) groups excluding carboxylic acids is 3. The zero-order chi connectivity index (χ0) is 30.4. The summed E-state index contributed by atoms with van der Waals surface area (Å²) in [5, 5.41) is 0. The Hall–Kier alpha value is -1.85. The van der Waals surface area contributed by atoms with E-state index in [-0.39, 0.29) is 63.1 Å². The van der Waals surface area contributed by atoms with Crippen LogP contribution in [0.1, 0.15) is 120 Å². The fourth-order valence-electron chi connectivity index (χ4n) is 11.6. The van der Waals surface area contributed by atoms with E-state index in [1.165, 1.54) is 26.5 Å². The van der Waals surface area contributed by atoms with Crippen molar-refractivity contribution in [1.29, 1.82) is 0 Å². The number of carbonyl (C=O) groups is 3. The molecule has 6 heteroatoms. The highest BCUT2D eigenvalue weighted by atomic mass is 16.6. The SMILES string of the molecule is COC(=O)[C@]12CCC(C)(C)[C@H](OC(C)=O)[C@H]1C1=CC[C@@H]3[C@@]4(C)CC[C@H](OC(C)=O)C(C)(C)[C@@H]4CC[C@@]3(C)[C@]1(C)CC2. The van der Waals surface area contributed by atoms with Crippen LogP contribution < -0.4 is 0 Å². The fourth-order valence-corrected chi connectivity index (χ4v) is 11.6. The fraction of sp³-hybridized carbons (Fsp3) is 0.857. The number of hydrogen-bond donors (Lipinski definition) is 0. The molecule has 0 bridgehead atoms. The topological polar surface area (TPSA) is 78.9 Å². The summed E-state index contributed by atoms with van der Waals surface area (Å²) in [5.74, 6) is 0.155. The Kier molecular flexibility index (Phi) is 7.15. The maximum atomic E-state index is 13.7. The average Bonchev–Trinajstić information content (AvgIpc) is 2.87. The Morgan fingerprint density at radius 1 is 0.780 bits per heavy atom. The van der Waals surface area contributed by atoms with Crippen molar-refractivity contribution in [2.24, 2.45) is 50.2 Å². The summed E-state index contributed by atoms with van der Waals surface area (Å²) in [6.07, 6.45) is 10.4. The first-order valence-corrected chi connectivity index (χ1v) is 16.0. The molecule has 0 saturated heterocycles. The van der Waals surface area contributed by atoms with Crippen molar-refractivity contribution in [3.63, 3.8) is 0 Å². The molecule has 0 unspecified atom stereocenters.